The van der Waals surface area contributed by atoms with Crippen molar-refractivity contribution in [3.05, 3.63) is 21.7 Å². The fourth-order valence-corrected chi connectivity index (χ4v) is 1.28. The molecule has 0 atom stereocenters. The molecule has 0 aliphatic heterocycles. The van der Waals surface area contributed by atoms with Gasteiger partial charge in [0.2, 0.25) is 0 Å². The van der Waals surface area contributed by atoms with Crippen LogP contribution in [-0.2, 0) is 6.42 Å². The van der Waals surface area contributed by atoms with Gasteiger partial charge in [0.05, 0.1) is 28.4 Å². The van der Waals surface area contributed by atoms with Gasteiger partial charge in [-0.25, -0.2) is 9.97 Å². The lowest BCUT2D eigenvalue weighted by Gasteiger charge is -2.02. The van der Waals surface area contributed by atoms with Gasteiger partial charge in [-0.2, -0.15) is 5.26 Å². The van der Waals surface area contributed by atoms with E-state index in [1.165, 1.54) is 0 Å². The normalized spacial score (nSPS) is 9.50. The number of aryl methyl sites for hydroxylation is 2. The Hall–Kier alpha value is -0.950. The maximum atomic E-state index is 8.49. The minimum atomic E-state index is 0.324. The summed E-state index contributed by atoms with van der Waals surface area (Å²) in [6.45, 7) is 3.71. The van der Waals surface area contributed by atoms with Crippen molar-refractivity contribution in [2.24, 2.45) is 0 Å². The van der Waals surface area contributed by atoms with E-state index in [4.69, 9.17) is 5.26 Å². The predicted molar refractivity (Wildman–Crippen MR) is 48.5 cm³/mol. The van der Waals surface area contributed by atoms with Gasteiger partial charge in [-0.05, 0) is 29.8 Å². The van der Waals surface area contributed by atoms with E-state index in [-0.39, 0.29) is 0 Å². The summed E-state index contributed by atoms with van der Waals surface area (Å²) in [6, 6.07) is 2.06. The summed E-state index contributed by atoms with van der Waals surface area (Å²) in [5.41, 5.74) is 1.65. The van der Waals surface area contributed by atoms with E-state index >= 15 is 0 Å². The second-order valence-electron chi connectivity index (χ2n) is 2.45. The zero-order valence-corrected chi connectivity index (χ0v) is 8.51. The number of hydrogen-bond donors (Lipinski definition) is 0. The number of nitriles is 1. The molecule has 0 aliphatic carbocycles. The van der Waals surface area contributed by atoms with Crippen LogP contribution in [0.3, 0.4) is 0 Å². The third kappa shape index (κ3) is 1.80. The summed E-state index contributed by atoms with van der Waals surface area (Å²) in [5.74, 6) is 0.709. The van der Waals surface area contributed by atoms with Crippen molar-refractivity contribution in [1.82, 2.24) is 9.97 Å². The van der Waals surface area contributed by atoms with E-state index in [2.05, 4.69) is 32.0 Å². The summed E-state index contributed by atoms with van der Waals surface area (Å²) in [7, 11) is 0. The molecule has 0 bridgehead atoms. The van der Waals surface area contributed by atoms with Gasteiger partial charge >= 0.3 is 0 Å². The van der Waals surface area contributed by atoms with Gasteiger partial charge in [-0.3, -0.25) is 0 Å². The monoisotopic (exact) mass is 225 g/mol. The Morgan fingerprint density at radius 3 is 2.67 bits per heavy atom. The van der Waals surface area contributed by atoms with Crippen LogP contribution in [0.25, 0.3) is 0 Å². The molecule has 1 rings (SSSR count). The molecule has 0 N–H and O–H groups in total. The van der Waals surface area contributed by atoms with Crippen LogP contribution >= 0.6 is 15.9 Å². The zero-order chi connectivity index (χ0) is 9.14. The van der Waals surface area contributed by atoms with Crippen LogP contribution in [0.5, 0.6) is 0 Å². The lowest BCUT2D eigenvalue weighted by Crippen LogP contribution is -1.99. The van der Waals surface area contributed by atoms with Gasteiger partial charge in [0.25, 0.3) is 0 Å². The Balaban J connectivity index is 3.20. The van der Waals surface area contributed by atoms with Crippen LogP contribution in [0.1, 0.15) is 17.2 Å². The molecule has 4 heteroatoms. The Labute approximate surface area is 79.6 Å². The minimum Gasteiger partial charge on any atom is -0.237 e. The SMILES string of the molecule is Cc1nc(C)c(Br)c(CC#N)n1. The fourth-order valence-electron chi connectivity index (χ4n) is 0.962. The van der Waals surface area contributed by atoms with Crippen molar-refractivity contribution in [3.8, 4) is 6.07 Å². The van der Waals surface area contributed by atoms with Crippen LogP contribution in [0.15, 0.2) is 4.47 Å². The van der Waals surface area contributed by atoms with Crippen molar-refractivity contribution in [2.75, 3.05) is 0 Å². The van der Waals surface area contributed by atoms with Gasteiger partial charge in [0.1, 0.15) is 5.82 Å². The van der Waals surface area contributed by atoms with E-state index < -0.39 is 0 Å². The standard InChI is InChI=1S/C8H8BrN3/c1-5-8(9)7(3-4-10)12-6(2)11-5/h3H2,1-2H3. The number of hydrogen-bond acceptors (Lipinski definition) is 3. The third-order valence-corrected chi connectivity index (χ3v) is 2.48. The average molecular weight is 226 g/mol. The Bertz CT molecular complexity index is 341. The van der Waals surface area contributed by atoms with Crippen molar-refractivity contribution in [3.63, 3.8) is 0 Å². The number of nitrogens with zero attached hydrogens (tertiary/aromatic N) is 3. The molecule has 1 aromatic heterocycles. The van der Waals surface area contributed by atoms with Crippen LogP contribution in [0, 0.1) is 25.2 Å². The average Bonchev–Trinajstić information content (AvgIpc) is 2.00. The zero-order valence-electron chi connectivity index (χ0n) is 6.93. The summed E-state index contributed by atoms with van der Waals surface area (Å²) in [4.78, 5) is 8.29. The van der Waals surface area contributed by atoms with E-state index in [1.807, 2.05) is 13.8 Å². The molecule has 1 aromatic rings. The molecule has 0 amide bonds. The predicted octanol–water partition coefficient (Wildman–Crippen LogP) is 1.92. The molecule has 0 aromatic carbocycles. The number of halogens is 1. The molecule has 0 unspecified atom stereocenters. The first-order chi connectivity index (χ1) is 5.65. The second kappa shape index (κ2) is 3.63. The van der Waals surface area contributed by atoms with Gasteiger partial charge < -0.3 is 0 Å². The molecule has 1 heterocycles. The molecular formula is C8H8BrN3. The molecule has 0 saturated heterocycles. The summed E-state index contributed by atoms with van der Waals surface area (Å²) in [6.07, 6.45) is 0.324. The highest BCUT2D eigenvalue weighted by Crippen LogP contribution is 2.18. The lowest BCUT2D eigenvalue weighted by atomic mass is 10.3. The molecule has 0 spiro atoms. The van der Waals surface area contributed by atoms with Gasteiger partial charge in [0.15, 0.2) is 0 Å². The molecule has 0 radical (unpaired) electrons. The highest BCUT2D eigenvalue weighted by atomic mass is 79.9. The molecule has 3 nitrogen and oxygen atoms in total. The summed E-state index contributed by atoms with van der Waals surface area (Å²) >= 11 is 3.34. The van der Waals surface area contributed by atoms with Crippen molar-refractivity contribution in [2.45, 2.75) is 20.3 Å². The van der Waals surface area contributed by atoms with Crippen LogP contribution in [-0.4, -0.2) is 9.97 Å². The molecule has 0 aliphatic rings. The van der Waals surface area contributed by atoms with Gasteiger partial charge in [0, 0.05) is 0 Å². The van der Waals surface area contributed by atoms with Crippen molar-refractivity contribution in [1.29, 1.82) is 5.26 Å². The van der Waals surface area contributed by atoms with Crippen LogP contribution in [0.4, 0.5) is 0 Å². The number of rotatable bonds is 1. The first-order valence-electron chi connectivity index (χ1n) is 3.51. The Kier molecular flexibility index (Phi) is 2.77. The highest BCUT2D eigenvalue weighted by Gasteiger charge is 2.05. The minimum absolute atomic E-state index is 0.324. The topological polar surface area (TPSA) is 49.6 Å². The number of aromatic nitrogens is 2. The molecule has 0 saturated carbocycles. The van der Waals surface area contributed by atoms with Crippen molar-refractivity contribution < 1.29 is 0 Å². The van der Waals surface area contributed by atoms with Gasteiger partial charge in [-0.1, -0.05) is 0 Å². The van der Waals surface area contributed by atoms with E-state index in [9.17, 15) is 0 Å². The Morgan fingerprint density at radius 2 is 2.08 bits per heavy atom. The highest BCUT2D eigenvalue weighted by molar-refractivity contribution is 9.10. The molecule has 62 valence electrons. The smallest absolute Gasteiger partial charge is 0.125 e. The largest absolute Gasteiger partial charge is 0.237 e. The lowest BCUT2D eigenvalue weighted by molar-refractivity contribution is 0.939. The molecule has 12 heavy (non-hydrogen) atoms. The fraction of sp³-hybridized carbons (Fsp3) is 0.375. The maximum Gasteiger partial charge on any atom is 0.125 e. The van der Waals surface area contributed by atoms with Crippen LogP contribution in [0.2, 0.25) is 0 Å². The van der Waals surface area contributed by atoms with E-state index in [1.54, 1.807) is 0 Å². The third-order valence-electron chi connectivity index (χ3n) is 1.44. The van der Waals surface area contributed by atoms with E-state index in [0.29, 0.717) is 12.2 Å². The van der Waals surface area contributed by atoms with Gasteiger partial charge in [-0.15, -0.1) is 0 Å². The molecule has 0 fully saturated rings. The summed E-state index contributed by atoms with van der Waals surface area (Å²) in [5, 5.41) is 8.49. The Morgan fingerprint density at radius 1 is 1.42 bits per heavy atom. The molecular weight excluding hydrogens is 218 g/mol. The van der Waals surface area contributed by atoms with Crippen LogP contribution < -0.4 is 0 Å². The van der Waals surface area contributed by atoms with E-state index in [0.717, 1.165) is 15.9 Å². The quantitative estimate of drug-likeness (QED) is 0.734. The second-order valence-corrected chi connectivity index (χ2v) is 3.24. The first-order valence-corrected chi connectivity index (χ1v) is 4.31. The van der Waals surface area contributed by atoms with Crippen molar-refractivity contribution >= 4 is 15.9 Å². The summed E-state index contributed by atoms with van der Waals surface area (Å²) < 4.78 is 0.842. The first kappa shape index (κ1) is 9.14. The maximum absolute atomic E-state index is 8.49.